The number of nitrogens with two attached hydrogens (primary N) is 1. The van der Waals surface area contributed by atoms with Gasteiger partial charge in [0.1, 0.15) is 11.6 Å². The Hall–Kier alpha value is -3.41. The maximum atomic E-state index is 11.2. The minimum atomic E-state index is -3.66. The maximum Gasteiger partial charge on any atom is 0.274 e. The van der Waals surface area contributed by atoms with Crippen LogP contribution in [0.15, 0.2) is 36.4 Å². The third-order valence-electron chi connectivity index (χ3n) is 6.52. The van der Waals surface area contributed by atoms with Crippen molar-refractivity contribution in [3.8, 4) is 17.2 Å². The Morgan fingerprint density at radius 3 is 2.35 bits per heavy atom. The van der Waals surface area contributed by atoms with E-state index in [1.54, 1.807) is 21.3 Å². The topological polar surface area (TPSA) is 129 Å². The van der Waals surface area contributed by atoms with Crippen molar-refractivity contribution in [2.75, 3.05) is 45.9 Å². The van der Waals surface area contributed by atoms with Crippen LogP contribution in [-0.4, -0.2) is 59.3 Å². The molecule has 0 bridgehead atoms. The van der Waals surface area contributed by atoms with E-state index < -0.39 is 10.2 Å². The second kappa shape index (κ2) is 11.8. The molecule has 1 aliphatic rings. The SMILES string of the molecule is COc1ccccc1/C=C/c1nc(N2CCC(CCNS(N)(=O)=O)CC2)c2cc(OC)c(OC)cc2n1. The van der Waals surface area contributed by atoms with Gasteiger partial charge in [-0.3, -0.25) is 0 Å². The third kappa shape index (κ3) is 6.68. The molecule has 11 heteroatoms. The van der Waals surface area contributed by atoms with E-state index in [0.717, 1.165) is 60.4 Å². The zero-order chi connectivity index (χ0) is 26.4. The average molecular weight is 528 g/mol. The van der Waals surface area contributed by atoms with E-state index in [2.05, 4.69) is 9.62 Å². The fourth-order valence-corrected chi connectivity index (χ4v) is 4.98. The van der Waals surface area contributed by atoms with Crippen LogP contribution in [-0.2, 0) is 10.2 Å². The Kier molecular flexibility index (Phi) is 8.47. The minimum absolute atomic E-state index is 0.342. The third-order valence-corrected chi connectivity index (χ3v) is 7.13. The summed E-state index contributed by atoms with van der Waals surface area (Å²) in [6.07, 6.45) is 6.39. The average Bonchev–Trinajstić information content (AvgIpc) is 2.90. The standard InChI is InChI=1S/C26H33N5O5S/c1-34-22-7-5-4-6-19(22)8-9-25-29-21-17-24(36-3)23(35-2)16-20(21)26(30-25)31-14-11-18(12-15-31)10-13-28-37(27,32)33/h4-9,16-18,28H,10-15H2,1-3H3,(H2,27,32,33)/b9-8+. The maximum absolute atomic E-state index is 11.2. The summed E-state index contributed by atoms with van der Waals surface area (Å²) >= 11 is 0. The summed E-state index contributed by atoms with van der Waals surface area (Å²) in [4.78, 5) is 12.0. The number of methoxy groups -OCH3 is 3. The molecule has 1 aliphatic heterocycles. The van der Waals surface area contributed by atoms with E-state index in [-0.39, 0.29) is 0 Å². The van der Waals surface area contributed by atoms with Crippen LogP contribution in [0.2, 0.25) is 0 Å². The highest BCUT2D eigenvalue weighted by molar-refractivity contribution is 7.87. The molecule has 3 aromatic rings. The van der Waals surface area contributed by atoms with Crippen molar-refractivity contribution < 1.29 is 22.6 Å². The van der Waals surface area contributed by atoms with Crippen molar-refractivity contribution in [1.29, 1.82) is 0 Å². The van der Waals surface area contributed by atoms with Gasteiger partial charge in [0.2, 0.25) is 0 Å². The molecule has 0 saturated carbocycles. The van der Waals surface area contributed by atoms with Crippen molar-refractivity contribution in [2.24, 2.45) is 11.1 Å². The fourth-order valence-electron chi connectivity index (χ4n) is 4.58. The van der Waals surface area contributed by atoms with E-state index >= 15 is 0 Å². The van der Waals surface area contributed by atoms with Crippen molar-refractivity contribution in [2.45, 2.75) is 19.3 Å². The first-order valence-electron chi connectivity index (χ1n) is 12.1. The highest BCUT2D eigenvalue weighted by Crippen LogP contribution is 2.36. The molecule has 2 aromatic carbocycles. The summed E-state index contributed by atoms with van der Waals surface area (Å²) in [5, 5.41) is 5.92. The fraction of sp³-hybridized carbons (Fsp3) is 0.385. The lowest BCUT2D eigenvalue weighted by Crippen LogP contribution is -2.37. The summed E-state index contributed by atoms with van der Waals surface area (Å²) in [7, 11) is 1.19. The number of aromatic nitrogens is 2. The van der Waals surface area contributed by atoms with Gasteiger partial charge in [-0.15, -0.1) is 0 Å². The molecule has 0 aliphatic carbocycles. The van der Waals surface area contributed by atoms with Crippen LogP contribution in [0.3, 0.4) is 0 Å². The van der Waals surface area contributed by atoms with Crippen molar-refractivity contribution in [3.63, 3.8) is 0 Å². The molecular weight excluding hydrogens is 494 g/mol. The van der Waals surface area contributed by atoms with Crippen LogP contribution in [0.4, 0.5) is 5.82 Å². The Balaban J connectivity index is 1.64. The van der Waals surface area contributed by atoms with Crippen LogP contribution in [0.5, 0.6) is 17.2 Å². The number of ether oxygens (including phenoxy) is 3. The number of hydrogen-bond donors (Lipinski definition) is 2. The molecule has 4 rings (SSSR count). The Bertz CT molecular complexity index is 1370. The number of piperidine rings is 1. The van der Waals surface area contributed by atoms with Gasteiger partial charge in [-0.2, -0.15) is 8.42 Å². The molecule has 0 unspecified atom stereocenters. The van der Waals surface area contributed by atoms with E-state index in [4.69, 9.17) is 29.3 Å². The van der Waals surface area contributed by atoms with Gasteiger partial charge in [0.05, 0.1) is 26.8 Å². The van der Waals surface area contributed by atoms with Crippen LogP contribution < -0.4 is 29.0 Å². The zero-order valence-electron chi connectivity index (χ0n) is 21.3. The molecule has 10 nitrogen and oxygen atoms in total. The predicted molar refractivity (Wildman–Crippen MR) is 145 cm³/mol. The zero-order valence-corrected chi connectivity index (χ0v) is 22.1. The lowest BCUT2D eigenvalue weighted by molar-refractivity contribution is 0.355. The number of hydrogen-bond acceptors (Lipinski definition) is 8. The lowest BCUT2D eigenvalue weighted by Gasteiger charge is -2.33. The van der Waals surface area contributed by atoms with Gasteiger partial charge in [-0.05, 0) is 49.5 Å². The summed E-state index contributed by atoms with van der Waals surface area (Å²) in [5.74, 6) is 3.77. The molecule has 3 N–H and O–H groups in total. The Morgan fingerprint density at radius 1 is 1.00 bits per heavy atom. The summed E-state index contributed by atoms with van der Waals surface area (Å²) in [5.41, 5.74) is 1.68. The largest absolute Gasteiger partial charge is 0.496 e. The quantitative estimate of drug-likeness (QED) is 0.411. The first kappa shape index (κ1) is 26.6. The number of nitrogens with zero attached hydrogens (tertiary/aromatic N) is 3. The molecular formula is C26H33N5O5S. The molecule has 198 valence electrons. The van der Waals surface area contributed by atoms with Gasteiger partial charge >= 0.3 is 0 Å². The molecule has 2 heterocycles. The van der Waals surface area contributed by atoms with E-state index in [1.165, 1.54) is 0 Å². The lowest BCUT2D eigenvalue weighted by atomic mass is 9.93. The normalized spacial score (nSPS) is 14.9. The molecule has 1 aromatic heterocycles. The summed E-state index contributed by atoms with van der Waals surface area (Å²) in [6.45, 7) is 1.92. The van der Waals surface area contributed by atoms with Gasteiger partial charge in [-0.1, -0.05) is 18.2 Å². The van der Waals surface area contributed by atoms with Gasteiger partial charge in [0.25, 0.3) is 10.2 Å². The summed E-state index contributed by atoms with van der Waals surface area (Å²) in [6, 6.07) is 11.5. The Labute approximate surface area is 217 Å². The summed E-state index contributed by atoms with van der Waals surface area (Å²) < 4.78 is 41.2. The highest BCUT2D eigenvalue weighted by Gasteiger charge is 2.23. The van der Waals surface area contributed by atoms with Crippen molar-refractivity contribution >= 4 is 39.1 Å². The van der Waals surface area contributed by atoms with Gasteiger partial charge < -0.3 is 19.1 Å². The molecule has 37 heavy (non-hydrogen) atoms. The predicted octanol–water partition coefficient (Wildman–Crippen LogP) is 3.23. The van der Waals surface area contributed by atoms with Gasteiger partial charge in [0.15, 0.2) is 17.3 Å². The Morgan fingerprint density at radius 2 is 1.68 bits per heavy atom. The van der Waals surface area contributed by atoms with Crippen LogP contribution in [0.1, 0.15) is 30.7 Å². The molecule has 1 fully saturated rings. The number of fused-ring (bicyclic) bond motifs is 1. The van der Waals surface area contributed by atoms with Gasteiger partial charge in [0, 0.05) is 36.7 Å². The molecule has 1 saturated heterocycles. The minimum Gasteiger partial charge on any atom is -0.496 e. The molecule has 0 atom stereocenters. The van der Waals surface area contributed by atoms with E-state index in [0.29, 0.717) is 29.8 Å². The van der Waals surface area contributed by atoms with E-state index in [9.17, 15) is 8.42 Å². The second-order valence-electron chi connectivity index (χ2n) is 8.86. The van der Waals surface area contributed by atoms with Crippen LogP contribution in [0, 0.1) is 5.92 Å². The first-order valence-corrected chi connectivity index (χ1v) is 13.6. The van der Waals surface area contributed by atoms with Crippen LogP contribution in [0.25, 0.3) is 23.1 Å². The second-order valence-corrected chi connectivity index (χ2v) is 10.2. The molecule has 0 radical (unpaired) electrons. The van der Waals surface area contributed by atoms with Crippen LogP contribution >= 0.6 is 0 Å². The smallest absolute Gasteiger partial charge is 0.274 e. The van der Waals surface area contributed by atoms with Gasteiger partial charge in [-0.25, -0.2) is 19.8 Å². The van der Waals surface area contributed by atoms with E-state index in [1.807, 2.05) is 48.6 Å². The van der Waals surface area contributed by atoms with Crippen molar-refractivity contribution in [3.05, 3.63) is 47.8 Å². The monoisotopic (exact) mass is 527 g/mol. The number of para-hydroxylation sites is 1. The molecule has 0 spiro atoms. The number of benzene rings is 2. The first-order chi connectivity index (χ1) is 17.8. The number of nitrogens with one attached hydrogen (secondary N) is 1. The molecule has 0 amide bonds. The highest BCUT2D eigenvalue weighted by atomic mass is 32.2. The van der Waals surface area contributed by atoms with Crippen molar-refractivity contribution in [1.82, 2.24) is 14.7 Å². The number of anilines is 1. The number of rotatable bonds is 10.